The van der Waals surface area contributed by atoms with Crippen LogP contribution in [0, 0.1) is 5.41 Å². The quantitative estimate of drug-likeness (QED) is 0.374. The zero-order valence-corrected chi connectivity index (χ0v) is 27.5. The Hall–Kier alpha value is -1.75. The molecule has 1 heterocycles. The van der Waals surface area contributed by atoms with E-state index in [0.717, 1.165) is 52.1 Å². The van der Waals surface area contributed by atoms with Crippen molar-refractivity contribution in [1.82, 2.24) is 4.98 Å². The molecule has 0 fully saturated rings. The molecule has 1 unspecified atom stereocenters. The molecule has 0 radical (unpaired) electrons. The van der Waals surface area contributed by atoms with Crippen molar-refractivity contribution in [2.75, 3.05) is 0 Å². The van der Waals surface area contributed by atoms with Gasteiger partial charge in [0.1, 0.15) is 6.10 Å². The standard InChI is InChI=1S/C34H53NO2Si/c1-21(2)27-28-25(19-34(11,12)20-26(28)37-38(13,14)33(8,9)10)35-30(22(3)4)29(27)31(36)23-15-17-24(18-16-23)32(5,6)7/h15-18,22,26,31,36H,1,19-20H2,2-14H3/t26-,31?/m1/s1. The van der Waals surface area contributed by atoms with Crippen LogP contribution >= 0.6 is 0 Å². The van der Waals surface area contributed by atoms with Crippen molar-refractivity contribution >= 4 is 13.9 Å². The first-order valence-electron chi connectivity index (χ1n) is 14.3. The van der Waals surface area contributed by atoms with Gasteiger partial charge in [0.15, 0.2) is 8.32 Å². The van der Waals surface area contributed by atoms with Gasteiger partial charge in [-0.2, -0.15) is 0 Å². The largest absolute Gasteiger partial charge is 0.410 e. The van der Waals surface area contributed by atoms with Crippen LogP contribution in [-0.4, -0.2) is 18.4 Å². The van der Waals surface area contributed by atoms with E-state index in [-0.39, 0.29) is 27.9 Å². The molecular weight excluding hydrogens is 482 g/mol. The number of hydrogen-bond donors (Lipinski definition) is 1. The number of fused-ring (bicyclic) bond motifs is 1. The van der Waals surface area contributed by atoms with Gasteiger partial charge in [-0.05, 0) is 71.3 Å². The molecule has 0 amide bonds. The molecule has 1 aliphatic carbocycles. The van der Waals surface area contributed by atoms with Crippen LogP contribution < -0.4 is 0 Å². The van der Waals surface area contributed by atoms with Crippen LogP contribution in [0.1, 0.15) is 140 Å². The first-order chi connectivity index (χ1) is 17.2. The van der Waals surface area contributed by atoms with E-state index < -0.39 is 14.4 Å². The average molecular weight is 536 g/mol. The maximum Gasteiger partial charge on any atom is 0.192 e. The van der Waals surface area contributed by atoms with Gasteiger partial charge in [-0.25, -0.2) is 0 Å². The molecule has 1 N–H and O–H groups in total. The van der Waals surface area contributed by atoms with Gasteiger partial charge in [0.2, 0.25) is 0 Å². The highest BCUT2D eigenvalue weighted by Gasteiger charge is 2.44. The third-order valence-corrected chi connectivity index (χ3v) is 13.2. The second-order valence-electron chi connectivity index (χ2n) is 15.3. The monoisotopic (exact) mass is 535 g/mol. The highest BCUT2D eigenvalue weighted by molar-refractivity contribution is 6.74. The second kappa shape index (κ2) is 10.3. The summed E-state index contributed by atoms with van der Waals surface area (Å²) < 4.78 is 7.17. The van der Waals surface area contributed by atoms with E-state index in [1.807, 2.05) is 0 Å². The first kappa shape index (κ1) is 30.8. The van der Waals surface area contributed by atoms with Gasteiger partial charge in [-0.1, -0.05) is 106 Å². The van der Waals surface area contributed by atoms with Gasteiger partial charge in [0.05, 0.1) is 6.10 Å². The topological polar surface area (TPSA) is 42.4 Å². The van der Waals surface area contributed by atoms with E-state index in [1.54, 1.807) is 0 Å². The van der Waals surface area contributed by atoms with E-state index in [4.69, 9.17) is 9.41 Å². The van der Waals surface area contributed by atoms with Gasteiger partial charge in [-0.3, -0.25) is 4.98 Å². The lowest BCUT2D eigenvalue weighted by Crippen LogP contribution is -2.44. The molecule has 210 valence electrons. The van der Waals surface area contributed by atoms with E-state index in [0.29, 0.717) is 0 Å². The number of aliphatic hydroxyl groups is 1. The third-order valence-electron chi connectivity index (χ3n) is 8.67. The molecule has 2 aromatic rings. The maximum absolute atomic E-state index is 12.0. The van der Waals surface area contributed by atoms with Crippen molar-refractivity contribution in [1.29, 1.82) is 0 Å². The Morgan fingerprint density at radius 2 is 1.63 bits per heavy atom. The van der Waals surface area contributed by atoms with E-state index in [1.165, 1.54) is 5.56 Å². The van der Waals surface area contributed by atoms with Crippen molar-refractivity contribution in [3.05, 3.63) is 70.0 Å². The van der Waals surface area contributed by atoms with E-state index in [2.05, 4.69) is 120 Å². The van der Waals surface area contributed by atoms with Crippen LogP contribution in [0.2, 0.25) is 18.1 Å². The first-order valence-corrected chi connectivity index (χ1v) is 17.3. The maximum atomic E-state index is 12.0. The zero-order chi connectivity index (χ0) is 29.0. The van der Waals surface area contributed by atoms with E-state index in [9.17, 15) is 5.11 Å². The Morgan fingerprint density at radius 1 is 1.08 bits per heavy atom. The Morgan fingerprint density at radius 3 is 2.08 bits per heavy atom. The lowest BCUT2D eigenvalue weighted by molar-refractivity contribution is 0.105. The van der Waals surface area contributed by atoms with E-state index >= 15 is 0 Å². The Bertz CT molecular complexity index is 1180. The fraction of sp³-hybridized carbons (Fsp3) is 0.618. The minimum Gasteiger partial charge on any atom is -0.410 e. The number of benzene rings is 1. The SMILES string of the molecule is C=C(C)c1c(C(O)c2ccc(C(C)(C)C)cc2)c(C(C)C)nc2c1[C@H](O[Si](C)(C)C(C)(C)C)CC(C)(C)C2. The smallest absolute Gasteiger partial charge is 0.192 e. The molecule has 1 aliphatic rings. The summed E-state index contributed by atoms with van der Waals surface area (Å²) in [5.41, 5.74) is 8.46. The highest BCUT2D eigenvalue weighted by Crippen LogP contribution is 2.51. The number of hydrogen-bond acceptors (Lipinski definition) is 3. The summed E-state index contributed by atoms with van der Waals surface area (Å²) in [5, 5.41) is 12.1. The predicted molar refractivity (Wildman–Crippen MR) is 165 cm³/mol. The van der Waals surface area contributed by atoms with Gasteiger partial charge in [-0.15, -0.1) is 0 Å². The summed E-state index contributed by atoms with van der Waals surface area (Å²) in [5.74, 6) is 0.168. The van der Waals surface area contributed by atoms with Crippen LogP contribution in [0.5, 0.6) is 0 Å². The molecule has 4 heteroatoms. The number of aliphatic hydroxyl groups excluding tert-OH is 1. The van der Waals surface area contributed by atoms with Crippen molar-refractivity contribution in [3.63, 3.8) is 0 Å². The van der Waals surface area contributed by atoms with Crippen molar-refractivity contribution < 1.29 is 9.53 Å². The molecule has 0 saturated carbocycles. The summed E-state index contributed by atoms with van der Waals surface area (Å²) >= 11 is 0. The fourth-order valence-electron chi connectivity index (χ4n) is 5.44. The Labute approximate surface area is 234 Å². The molecule has 1 aromatic carbocycles. The molecule has 38 heavy (non-hydrogen) atoms. The minimum absolute atomic E-state index is 0.0595. The summed E-state index contributed by atoms with van der Waals surface area (Å²) in [7, 11) is -2.07. The number of aromatic nitrogens is 1. The lowest BCUT2D eigenvalue weighted by Gasteiger charge is -2.45. The van der Waals surface area contributed by atoms with Crippen molar-refractivity contribution in [2.24, 2.45) is 5.41 Å². The van der Waals surface area contributed by atoms with Crippen molar-refractivity contribution in [3.8, 4) is 0 Å². The summed E-state index contributed by atoms with van der Waals surface area (Å²) in [6, 6.07) is 8.44. The number of nitrogens with zero attached hydrogens (tertiary/aromatic N) is 1. The molecule has 0 saturated heterocycles. The van der Waals surface area contributed by atoms with Gasteiger partial charge in [0.25, 0.3) is 0 Å². The molecule has 3 nitrogen and oxygen atoms in total. The van der Waals surface area contributed by atoms with Crippen LogP contribution in [0.3, 0.4) is 0 Å². The molecular formula is C34H53NO2Si. The Kier molecular flexibility index (Phi) is 8.37. The molecule has 1 aromatic heterocycles. The van der Waals surface area contributed by atoms with Crippen LogP contribution in [0.4, 0.5) is 0 Å². The Balaban J connectivity index is 2.30. The molecule has 3 rings (SSSR count). The lowest BCUT2D eigenvalue weighted by atomic mass is 9.71. The van der Waals surface area contributed by atoms with Gasteiger partial charge in [0, 0.05) is 22.5 Å². The second-order valence-corrected chi connectivity index (χ2v) is 20.0. The fourth-order valence-corrected chi connectivity index (χ4v) is 6.70. The minimum atomic E-state index is -2.07. The van der Waals surface area contributed by atoms with Crippen LogP contribution in [-0.2, 0) is 16.3 Å². The molecule has 0 aliphatic heterocycles. The molecule has 2 atom stereocenters. The summed E-state index contributed by atoms with van der Waals surface area (Å²) in [6.07, 6.45) is 0.987. The number of rotatable bonds is 6. The molecule has 0 spiro atoms. The zero-order valence-electron chi connectivity index (χ0n) is 26.5. The third kappa shape index (κ3) is 6.18. The predicted octanol–water partition coefficient (Wildman–Crippen LogP) is 9.65. The van der Waals surface area contributed by atoms with Gasteiger partial charge < -0.3 is 9.53 Å². The normalized spacial score (nSPS) is 18.9. The summed E-state index contributed by atoms with van der Waals surface area (Å²) in [4.78, 5) is 5.33. The van der Waals surface area contributed by atoms with Gasteiger partial charge >= 0.3 is 0 Å². The number of pyridine rings is 1. The number of allylic oxidation sites excluding steroid dienone is 1. The van der Waals surface area contributed by atoms with Crippen LogP contribution in [0.25, 0.3) is 5.57 Å². The summed E-state index contributed by atoms with van der Waals surface area (Å²) in [6.45, 7) is 33.7. The highest BCUT2D eigenvalue weighted by atomic mass is 28.4. The average Bonchev–Trinajstić information content (AvgIpc) is 2.74. The van der Waals surface area contributed by atoms with Crippen LogP contribution in [0.15, 0.2) is 30.8 Å². The molecule has 0 bridgehead atoms. The van der Waals surface area contributed by atoms with Crippen molar-refractivity contribution in [2.45, 2.75) is 131 Å².